The minimum atomic E-state index is -0.909. The van der Waals surface area contributed by atoms with Crippen molar-refractivity contribution in [3.63, 3.8) is 0 Å². The normalized spacial score (nSPS) is 23.2. The molecule has 0 aromatic heterocycles. The van der Waals surface area contributed by atoms with Gasteiger partial charge >= 0.3 is 0 Å². The van der Waals surface area contributed by atoms with Gasteiger partial charge in [-0.25, -0.2) is 0 Å². The summed E-state index contributed by atoms with van der Waals surface area (Å²) in [6, 6.07) is 0. The van der Waals surface area contributed by atoms with Gasteiger partial charge in [0, 0.05) is 6.42 Å². The Morgan fingerprint density at radius 2 is 2.25 bits per heavy atom. The summed E-state index contributed by atoms with van der Waals surface area (Å²) in [5.74, 6) is -0.505. The fourth-order valence-corrected chi connectivity index (χ4v) is 0.985. The average molecular weight is 171 g/mol. The van der Waals surface area contributed by atoms with Crippen LogP contribution in [0.3, 0.4) is 0 Å². The van der Waals surface area contributed by atoms with Crippen LogP contribution < -0.4 is 5.73 Å². The van der Waals surface area contributed by atoms with Gasteiger partial charge in [-0.1, -0.05) is 0 Å². The first-order valence-electron chi connectivity index (χ1n) is 3.85. The number of amides is 1. The van der Waals surface area contributed by atoms with Gasteiger partial charge in [-0.2, -0.15) is 10.2 Å². The summed E-state index contributed by atoms with van der Waals surface area (Å²) in [5, 5.41) is 16.7. The summed E-state index contributed by atoms with van der Waals surface area (Å²) in [4.78, 5) is 11.0. The zero-order valence-electron chi connectivity index (χ0n) is 7.19. The SMILES string of the molecule is CC(O)C(C)(CC1N=N1)C(N)=O. The molecule has 0 aliphatic carbocycles. The van der Waals surface area contributed by atoms with Crippen LogP contribution in [0.1, 0.15) is 20.3 Å². The smallest absolute Gasteiger partial charge is 0.226 e. The molecule has 0 radical (unpaired) electrons. The maximum atomic E-state index is 11.0. The number of primary amides is 1. The fourth-order valence-electron chi connectivity index (χ4n) is 0.985. The third-order valence-electron chi connectivity index (χ3n) is 2.37. The largest absolute Gasteiger partial charge is 0.392 e. The Bertz CT molecular complexity index is 221. The van der Waals surface area contributed by atoms with Crippen molar-refractivity contribution in [2.45, 2.75) is 32.5 Å². The van der Waals surface area contributed by atoms with Gasteiger partial charge in [-0.15, -0.1) is 0 Å². The van der Waals surface area contributed by atoms with Crippen molar-refractivity contribution >= 4 is 5.91 Å². The van der Waals surface area contributed by atoms with Gasteiger partial charge in [0.25, 0.3) is 0 Å². The molecule has 0 saturated carbocycles. The maximum Gasteiger partial charge on any atom is 0.226 e. The highest BCUT2D eigenvalue weighted by atomic mass is 16.3. The van der Waals surface area contributed by atoms with Crippen LogP contribution in [0.25, 0.3) is 0 Å². The molecule has 1 amide bonds. The lowest BCUT2D eigenvalue weighted by molar-refractivity contribution is -0.133. The molecule has 0 aromatic carbocycles. The van der Waals surface area contributed by atoms with Gasteiger partial charge in [-0.3, -0.25) is 4.79 Å². The van der Waals surface area contributed by atoms with Gasteiger partial charge in [0.15, 0.2) is 6.17 Å². The summed E-state index contributed by atoms with van der Waals surface area (Å²) >= 11 is 0. The Labute approximate surface area is 70.7 Å². The molecule has 0 spiro atoms. The minimum Gasteiger partial charge on any atom is -0.392 e. The predicted octanol–water partition coefficient (Wildman–Crippen LogP) is 0.0408. The van der Waals surface area contributed by atoms with E-state index >= 15 is 0 Å². The van der Waals surface area contributed by atoms with Crippen LogP contribution in [0.5, 0.6) is 0 Å². The Hall–Kier alpha value is -0.970. The number of aliphatic hydroxyl groups excluding tert-OH is 1. The van der Waals surface area contributed by atoms with Gasteiger partial charge in [0.1, 0.15) is 0 Å². The zero-order valence-corrected chi connectivity index (χ0v) is 7.19. The third kappa shape index (κ3) is 1.61. The second kappa shape index (κ2) is 2.82. The molecule has 2 atom stereocenters. The monoisotopic (exact) mass is 171 g/mol. The van der Waals surface area contributed by atoms with Crippen LogP contribution in [-0.2, 0) is 4.79 Å². The van der Waals surface area contributed by atoms with Crippen LogP contribution in [0, 0.1) is 5.41 Å². The zero-order chi connectivity index (χ0) is 9.35. The molecule has 0 fully saturated rings. The standard InChI is InChI=1S/C7H13N3O2/c1-4(11)7(2,6(8)12)3-5-9-10-5/h4-5,11H,3H2,1-2H3,(H2,8,12). The van der Waals surface area contributed by atoms with E-state index in [4.69, 9.17) is 5.73 Å². The number of hydrogen-bond acceptors (Lipinski definition) is 4. The summed E-state index contributed by atoms with van der Waals surface area (Å²) in [6.45, 7) is 3.18. The van der Waals surface area contributed by atoms with Crippen molar-refractivity contribution < 1.29 is 9.90 Å². The van der Waals surface area contributed by atoms with Gasteiger partial charge in [-0.05, 0) is 13.8 Å². The fraction of sp³-hybridized carbons (Fsp3) is 0.857. The molecule has 0 bridgehead atoms. The molecule has 1 aliphatic rings. The van der Waals surface area contributed by atoms with Crippen molar-refractivity contribution in [2.24, 2.45) is 21.4 Å². The second-order valence-electron chi connectivity index (χ2n) is 3.37. The molecule has 12 heavy (non-hydrogen) atoms. The molecule has 0 saturated heterocycles. The predicted molar refractivity (Wildman–Crippen MR) is 42.2 cm³/mol. The molecular formula is C7H13N3O2. The van der Waals surface area contributed by atoms with Crippen molar-refractivity contribution in [1.29, 1.82) is 0 Å². The summed E-state index contributed by atoms with van der Waals surface area (Å²) < 4.78 is 0. The number of hydrogen-bond donors (Lipinski definition) is 2. The number of carbonyl (C=O) groups is 1. The summed E-state index contributed by atoms with van der Waals surface area (Å²) in [6.07, 6.45) is -0.502. The Morgan fingerprint density at radius 3 is 2.50 bits per heavy atom. The Balaban J connectivity index is 2.63. The van der Waals surface area contributed by atoms with E-state index in [1.807, 2.05) is 0 Å². The van der Waals surface area contributed by atoms with Crippen LogP contribution in [0.2, 0.25) is 0 Å². The van der Waals surface area contributed by atoms with Crippen LogP contribution >= 0.6 is 0 Å². The van der Waals surface area contributed by atoms with Crippen LogP contribution in [0.15, 0.2) is 10.2 Å². The Kier molecular flexibility index (Phi) is 2.14. The van der Waals surface area contributed by atoms with E-state index in [1.54, 1.807) is 13.8 Å². The quantitative estimate of drug-likeness (QED) is 0.625. The van der Waals surface area contributed by atoms with E-state index < -0.39 is 17.4 Å². The first kappa shape index (κ1) is 9.12. The lowest BCUT2D eigenvalue weighted by atomic mass is 9.80. The second-order valence-corrected chi connectivity index (χ2v) is 3.37. The molecule has 1 aliphatic heterocycles. The molecule has 1 rings (SSSR count). The molecule has 1 heterocycles. The van der Waals surface area contributed by atoms with Crippen LogP contribution in [-0.4, -0.2) is 23.3 Å². The van der Waals surface area contributed by atoms with Crippen molar-refractivity contribution in [2.75, 3.05) is 0 Å². The highest BCUT2D eigenvalue weighted by Gasteiger charge is 2.41. The summed E-state index contributed by atoms with van der Waals surface area (Å²) in [5.41, 5.74) is 4.26. The molecule has 3 N–H and O–H groups in total. The first-order chi connectivity index (χ1) is 5.47. The molecule has 0 aromatic rings. The van der Waals surface area contributed by atoms with Gasteiger partial charge < -0.3 is 10.8 Å². The lowest BCUT2D eigenvalue weighted by Crippen LogP contribution is -2.43. The number of rotatable bonds is 4. The molecular weight excluding hydrogens is 158 g/mol. The van der Waals surface area contributed by atoms with E-state index in [0.717, 1.165) is 0 Å². The van der Waals surface area contributed by atoms with E-state index in [1.165, 1.54) is 0 Å². The molecule has 5 nitrogen and oxygen atoms in total. The first-order valence-corrected chi connectivity index (χ1v) is 3.85. The highest BCUT2D eigenvalue weighted by molar-refractivity contribution is 5.81. The Morgan fingerprint density at radius 1 is 1.75 bits per heavy atom. The van der Waals surface area contributed by atoms with Crippen molar-refractivity contribution in [1.82, 2.24) is 0 Å². The number of nitrogens with two attached hydrogens (primary N) is 1. The van der Waals surface area contributed by atoms with Crippen LogP contribution in [0.4, 0.5) is 0 Å². The van der Waals surface area contributed by atoms with Gasteiger partial charge in [0.05, 0.1) is 11.5 Å². The maximum absolute atomic E-state index is 11.0. The number of carbonyl (C=O) groups excluding carboxylic acids is 1. The van der Waals surface area contributed by atoms with E-state index in [0.29, 0.717) is 6.42 Å². The van der Waals surface area contributed by atoms with Gasteiger partial charge in [0.2, 0.25) is 5.91 Å². The molecule has 68 valence electrons. The molecule has 5 heteroatoms. The summed E-state index contributed by atoms with van der Waals surface area (Å²) in [7, 11) is 0. The van der Waals surface area contributed by atoms with E-state index in [2.05, 4.69) is 10.2 Å². The van der Waals surface area contributed by atoms with Crippen molar-refractivity contribution in [3.05, 3.63) is 0 Å². The van der Waals surface area contributed by atoms with E-state index in [9.17, 15) is 9.90 Å². The topological polar surface area (TPSA) is 88.0 Å². The number of nitrogens with zero attached hydrogens (tertiary/aromatic N) is 2. The minimum absolute atomic E-state index is 0.142. The van der Waals surface area contributed by atoms with Crippen molar-refractivity contribution in [3.8, 4) is 0 Å². The van der Waals surface area contributed by atoms with E-state index in [-0.39, 0.29) is 6.17 Å². The third-order valence-corrected chi connectivity index (χ3v) is 2.37. The molecule has 2 unspecified atom stereocenters. The average Bonchev–Trinajstić information content (AvgIpc) is 2.70. The number of aliphatic hydroxyl groups is 1. The highest BCUT2D eigenvalue weighted by Crippen LogP contribution is 2.32. The lowest BCUT2D eigenvalue weighted by Gasteiger charge is -2.27.